The van der Waals surface area contributed by atoms with Gasteiger partial charge in [0.15, 0.2) is 0 Å². The number of aliphatic hydroxyl groups is 2. The Morgan fingerprint density at radius 1 is 0.817 bits per heavy atom. The van der Waals surface area contributed by atoms with Gasteiger partial charge in [0.2, 0.25) is 0 Å². The van der Waals surface area contributed by atoms with Crippen LogP contribution in [-0.2, 0) is 19.1 Å². The van der Waals surface area contributed by atoms with Crippen LogP contribution >= 0.6 is 0 Å². The molecule has 0 saturated heterocycles. The lowest BCUT2D eigenvalue weighted by molar-refractivity contribution is -0.144. The van der Waals surface area contributed by atoms with Crippen molar-refractivity contribution in [2.24, 2.45) is 17.8 Å². The number of fused-ring (bicyclic) bond motifs is 8. The summed E-state index contributed by atoms with van der Waals surface area (Å²) in [5.41, 5.74) is 8.54. The van der Waals surface area contributed by atoms with Crippen LogP contribution in [0.25, 0.3) is 33.6 Å². The predicted octanol–water partition coefficient (Wildman–Crippen LogP) is 10.7. The first kappa shape index (κ1) is 44.9. The molecule has 60 heavy (non-hydrogen) atoms. The minimum Gasteiger partial charge on any atom is -0.512 e. The van der Waals surface area contributed by atoms with Gasteiger partial charge in [0, 0.05) is 74.2 Å². The Bertz CT molecular complexity index is 2370. The highest BCUT2D eigenvalue weighted by molar-refractivity contribution is 5.96. The van der Waals surface area contributed by atoms with Crippen molar-refractivity contribution in [1.29, 1.82) is 0 Å². The van der Waals surface area contributed by atoms with Crippen LogP contribution in [0, 0.1) is 31.6 Å². The van der Waals surface area contributed by atoms with E-state index >= 15 is 0 Å². The molecule has 0 spiro atoms. The van der Waals surface area contributed by atoms with Gasteiger partial charge in [0.1, 0.15) is 11.7 Å². The maximum atomic E-state index is 13.6. The molecule has 10 heteroatoms. The van der Waals surface area contributed by atoms with Crippen molar-refractivity contribution >= 4 is 45.5 Å². The van der Waals surface area contributed by atoms with Crippen LogP contribution in [0.3, 0.4) is 0 Å². The van der Waals surface area contributed by atoms with Gasteiger partial charge >= 0.3 is 11.9 Å². The van der Waals surface area contributed by atoms with E-state index in [4.69, 9.17) is 19.4 Å². The van der Waals surface area contributed by atoms with Crippen molar-refractivity contribution in [3.8, 4) is 0 Å². The second-order valence-electron chi connectivity index (χ2n) is 18.7. The number of methoxy groups -OCH3 is 1. The second-order valence-corrected chi connectivity index (χ2v) is 18.7. The Balaban J connectivity index is 1.36. The van der Waals surface area contributed by atoms with E-state index in [9.17, 15) is 19.8 Å². The number of aryl methyl sites for hydroxylation is 2. The number of nitrogens with one attached hydrogen (secondary N) is 2. The fourth-order valence-electron chi connectivity index (χ4n) is 10.1. The second kappa shape index (κ2) is 19.0. The Labute approximate surface area is 356 Å². The minimum absolute atomic E-state index is 0.0696. The maximum Gasteiger partial charge on any atom is 0.321 e. The van der Waals surface area contributed by atoms with Crippen LogP contribution in [0.4, 0.5) is 0 Å². The van der Waals surface area contributed by atoms with E-state index in [1.807, 2.05) is 19.9 Å². The molecule has 0 amide bonds. The minimum atomic E-state index is -1.08. The molecule has 1 aliphatic carbocycles. The van der Waals surface area contributed by atoms with Crippen LogP contribution in [0.5, 0.6) is 0 Å². The number of aromatic amines is 2. The number of ether oxygens (including phenoxy) is 2. The zero-order valence-corrected chi connectivity index (χ0v) is 38.1. The van der Waals surface area contributed by atoms with E-state index in [-0.39, 0.29) is 47.6 Å². The molecule has 3 aromatic heterocycles. The molecule has 8 bridgehead atoms. The fourth-order valence-corrected chi connectivity index (χ4v) is 10.1. The quantitative estimate of drug-likeness (QED) is 0.104. The summed E-state index contributed by atoms with van der Waals surface area (Å²) in [6.45, 7) is 21.7. The van der Waals surface area contributed by atoms with Crippen LogP contribution in [0.1, 0.15) is 189 Å². The monoisotopic (exact) mass is 823 g/mol. The number of nitrogens with zero attached hydrogens (tertiary/aromatic N) is 2. The maximum absolute atomic E-state index is 13.6. The highest BCUT2D eigenvalue weighted by Crippen LogP contribution is 2.46. The van der Waals surface area contributed by atoms with Gasteiger partial charge in [-0.25, -0.2) is 0 Å². The van der Waals surface area contributed by atoms with Crippen molar-refractivity contribution in [3.63, 3.8) is 0 Å². The lowest BCUT2D eigenvalue weighted by Gasteiger charge is -2.19. The smallest absolute Gasteiger partial charge is 0.321 e. The summed E-state index contributed by atoms with van der Waals surface area (Å²) in [6, 6.07) is 6.13. The number of carbonyl (C=O) groups is 2. The van der Waals surface area contributed by atoms with Gasteiger partial charge in [-0.15, -0.1) is 0 Å². The van der Waals surface area contributed by atoms with Crippen LogP contribution in [0.15, 0.2) is 18.2 Å². The van der Waals surface area contributed by atoms with E-state index in [2.05, 4.69) is 70.6 Å². The van der Waals surface area contributed by atoms with E-state index in [1.54, 1.807) is 6.92 Å². The average Bonchev–Trinajstić information content (AvgIpc) is 3.94. The van der Waals surface area contributed by atoms with Gasteiger partial charge in [0.25, 0.3) is 0 Å². The van der Waals surface area contributed by atoms with Gasteiger partial charge in [-0.3, -0.25) is 19.6 Å². The number of hydrogen-bond acceptors (Lipinski definition) is 8. The number of aromatic nitrogens is 4. The molecule has 326 valence electrons. The normalized spacial score (nSPS) is 21.3. The molecule has 3 aliphatic rings. The van der Waals surface area contributed by atoms with Crippen molar-refractivity contribution in [1.82, 2.24) is 19.9 Å². The Hall–Kier alpha value is -4.60. The summed E-state index contributed by atoms with van der Waals surface area (Å²) in [7, 11) is 1.33. The molecule has 0 saturated carbocycles. The molecule has 0 radical (unpaired) electrons. The Kier molecular flexibility index (Phi) is 14.2. The molecule has 3 aromatic rings. The summed E-state index contributed by atoms with van der Waals surface area (Å²) < 4.78 is 11.2. The van der Waals surface area contributed by atoms with Crippen molar-refractivity contribution in [2.45, 2.75) is 163 Å². The van der Waals surface area contributed by atoms with Crippen LogP contribution in [0.2, 0.25) is 0 Å². The molecule has 4 N–H and O–H groups in total. The third kappa shape index (κ3) is 9.18. The Morgan fingerprint density at radius 2 is 1.42 bits per heavy atom. The highest BCUT2D eigenvalue weighted by atomic mass is 16.5. The van der Waals surface area contributed by atoms with Gasteiger partial charge < -0.3 is 29.7 Å². The van der Waals surface area contributed by atoms with Crippen LogP contribution < -0.4 is 10.4 Å². The molecule has 6 rings (SSSR count). The third-order valence-corrected chi connectivity index (χ3v) is 13.9. The zero-order valence-electron chi connectivity index (χ0n) is 38.1. The number of H-pyrrole nitrogens is 2. The molecule has 0 aromatic carbocycles. The molecule has 1 unspecified atom stereocenters. The Morgan fingerprint density at radius 3 is 2.07 bits per heavy atom. The molecular formula is C50H70N4O6. The first-order valence-corrected chi connectivity index (χ1v) is 22.7. The molecule has 10 nitrogen and oxygen atoms in total. The van der Waals surface area contributed by atoms with Gasteiger partial charge in [0.05, 0.1) is 36.2 Å². The average molecular weight is 823 g/mol. The van der Waals surface area contributed by atoms with Gasteiger partial charge in [-0.05, 0) is 87.1 Å². The van der Waals surface area contributed by atoms with Crippen molar-refractivity contribution in [2.75, 3.05) is 13.7 Å². The third-order valence-electron chi connectivity index (χ3n) is 13.9. The van der Waals surface area contributed by atoms with Crippen LogP contribution in [-0.4, -0.2) is 55.8 Å². The largest absolute Gasteiger partial charge is 0.512 e. The number of hydrogen-bond donors (Lipinski definition) is 4. The van der Waals surface area contributed by atoms with Crippen molar-refractivity contribution < 1.29 is 29.3 Å². The number of rotatable bonds is 16. The number of esters is 2. The predicted molar refractivity (Wildman–Crippen MR) is 241 cm³/mol. The molecule has 2 aliphatic heterocycles. The molecular weight excluding hydrogens is 753 g/mol. The van der Waals surface area contributed by atoms with Gasteiger partial charge in [-0.1, -0.05) is 87.0 Å². The van der Waals surface area contributed by atoms with E-state index in [0.29, 0.717) is 40.9 Å². The summed E-state index contributed by atoms with van der Waals surface area (Å²) in [4.78, 5) is 44.6. The standard InChI is InChI=1S/C50H70N4O6/c1-12-34-29(6)36-25-41-43(33(10)55)31(8)38(52-41)23-37-30(7)35(19-20-42(56)60-22-21-28(5)18-14-17-27(4)16-13-15-26(2)3)47(53-37)45-46(50(58)59-11)49(57)44-32(9)39(54-48(44)45)24-40(34)51-36/h23-30,34-35,46,52,54-55,57H,12-22H2,1-11H3/t27-,28?,29-,30+,34-,35+,46-/m1/s1. The number of carbonyl (C=O) groups excluding carboxylic acids is 2. The lowest BCUT2D eigenvalue weighted by Crippen LogP contribution is -2.18. The van der Waals surface area contributed by atoms with Crippen molar-refractivity contribution in [3.05, 3.63) is 68.1 Å². The van der Waals surface area contributed by atoms with E-state index in [1.165, 1.54) is 39.2 Å². The summed E-state index contributed by atoms with van der Waals surface area (Å²) in [5, 5.41) is 24.2. The molecule has 0 fully saturated rings. The summed E-state index contributed by atoms with van der Waals surface area (Å²) >= 11 is 0. The summed E-state index contributed by atoms with van der Waals surface area (Å²) in [5.74, 6) is 0.0693. The first-order chi connectivity index (χ1) is 28.6. The van der Waals surface area contributed by atoms with E-state index in [0.717, 1.165) is 81.1 Å². The lowest BCUT2D eigenvalue weighted by atomic mass is 9.84. The number of aliphatic hydroxyl groups excluding tert-OH is 2. The van der Waals surface area contributed by atoms with Gasteiger partial charge in [-0.2, -0.15) is 0 Å². The first-order valence-electron chi connectivity index (χ1n) is 22.7. The topological polar surface area (TPSA) is 150 Å². The SMILES string of the molecule is CC[C@H]1c2cc3[nH]c4c(c5nc(cc6[nH]c(cc(n2)[C@@H]1C)c(=C(C)O)c6C)[C@@H](C)[C@@H]5CCC(=O)OCCC(C)CCC[C@H](C)CCCC(C)C)[C@@H](C(=O)OC)C(O)=c4c3C. The summed E-state index contributed by atoms with van der Waals surface area (Å²) in [6.07, 6.45) is 9.81. The molecule has 7 atom stereocenters. The molecule has 5 heterocycles. The van der Waals surface area contributed by atoms with E-state index < -0.39 is 11.9 Å². The zero-order chi connectivity index (χ0) is 43.6. The highest BCUT2D eigenvalue weighted by Gasteiger charge is 2.42. The fraction of sp³-hybridized carbons (Fsp3) is 0.600.